The van der Waals surface area contributed by atoms with Crippen molar-refractivity contribution in [2.24, 2.45) is 5.73 Å². The Balaban J connectivity index is 0.000000236. The molecule has 0 aliphatic carbocycles. The summed E-state index contributed by atoms with van der Waals surface area (Å²) in [5.41, 5.74) is 10.6. The number of aliphatic hydroxyl groups excluding tert-OH is 1. The van der Waals surface area contributed by atoms with Gasteiger partial charge < -0.3 is 16.6 Å². The molecule has 0 atom stereocenters. The van der Waals surface area contributed by atoms with Crippen LogP contribution in [0.5, 0.6) is 0 Å². The van der Waals surface area contributed by atoms with Crippen molar-refractivity contribution in [3.8, 4) is 0 Å². The summed E-state index contributed by atoms with van der Waals surface area (Å²) >= 11 is 0. The van der Waals surface area contributed by atoms with Crippen molar-refractivity contribution in [2.75, 3.05) is 12.5 Å². The van der Waals surface area contributed by atoms with Gasteiger partial charge in [0, 0.05) is 5.69 Å². The predicted octanol–water partition coefficient (Wildman–Crippen LogP) is 0.164. The van der Waals surface area contributed by atoms with E-state index in [1.165, 1.54) is 0 Å². The van der Waals surface area contributed by atoms with Gasteiger partial charge in [0.15, 0.2) is 0 Å². The first kappa shape index (κ1) is 8.94. The van der Waals surface area contributed by atoms with Gasteiger partial charge in [-0.25, -0.2) is 0 Å². The monoisotopic (exact) mass is 140 g/mol. The molecule has 0 radical (unpaired) electrons. The highest BCUT2D eigenvalue weighted by atomic mass is 16.3. The maximum absolute atomic E-state index is 7.35. The van der Waals surface area contributed by atoms with Crippen LogP contribution in [-0.4, -0.2) is 11.8 Å². The molecule has 0 unspecified atom stereocenters. The zero-order valence-electron chi connectivity index (χ0n) is 5.70. The molecule has 1 aromatic rings. The molecule has 0 aliphatic rings. The Bertz CT molecular complexity index is 153. The Morgan fingerprint density at radius 2 is 1.60 bits per heavy atom. The minimum Gasteiger partial charge on any atom is -0.399 e. The van der Waals surface area contributed by atoms with E-state index >= 15 is 0 Å². The molecule has 0 aromatic heterocycles. The molecule has 0 bridgehead atoms. The van der Waals surface area contributed by atoms with Crippen LogP contribution in [0.25, 0.3) is 0 Å². The lowest BCUT2D eigenvalue weighted by molar-refractivity contribution is 0.307. The standard InChI is InChI=1S/C6H7N.CH5NO/c7-6-4-2-1-3-5-6;2-1-3/h1-5H,7H2;3H,1-2H2. The van der Waals surface area contributed by atoms with Crippen LogP contribution in [0.2, 0.25) is 0 Å². The van der Waals surface area contributed by atoms with Crippen molar-refractivity contribution in [1.29, 1.82) is 0 Å². The zero-order valence-corrected chi connectivity index (χ0v) is 5.70. The molecule has 0 fully saturated rings. The average molecular weight is 140 g/mol. The summed E-state index contributed by atoms with van der Waals surface area (Å²) in [4.78, 5) is 0. The van der Waals surface area contributed by atoms with E-state index in [0.29, 0.717) is 0 Å². The molecular weight excluding hydrogens is 128 g/mol. The van der Waals surface area contributed by atoms with Crippen LogP contribution in [0.3, 0.4) is 0 Å². The fourth-order valence-electron chi connectivity index (χ4n) is 0.453. The SMILES string of the molecule is NCO.Nc1ccccc1. The van der Waals surface area contributed by atoms with E-state index in [1.807, 2.05) is 30.3 Å². The minimum absolute atomic E-state index is 0.250. The van der Waals surface area contributed by atoms with Crippen LogP contribution in [0.15, 0.2) is 30.3 Å². The van der Waals surface area contributed by atoms with Crippen molar-refractivity contribution in [3.05, 3.63) is 30.3 Å². The van der Waals surface area contributed by atoms with Gasteiger partial charge in [-0.05, 0) is 12.1 Å². The predicted molar refractivity (Wildman–Crippen MR) is 42.1 cm³/mol. The van der Waals surface area contributed by atoms with Gasteiger partial charge in [-0.15, -0.1) is 0 Å². The number of para-hydroxylation sites is 1. The smallest absolute Gasteiger partial charge is 0.0906 e. The topological polar surface area (TPSA) is 72.3 Å². The quantitative estimate of drug-likeness (QED) is 0.355. The maximum atomic E-state index is 7.35. The Kier molecular flexibility index (Phi) is 5.42. The molecule has 56 valence electrons. The molecule has 0 saturated carbocycles. The minimum atomic E-state index is -0.250. The lowest BCUT2D eigenvalue weighted by Gasteiger charge is -1.83. The molecule has 3 heteroatoms. The van der Waals surface area contributed by atoms with Crippen molar-refractivity contribution in [3.63, 3.8) is 0 Å². The number of nitrogen functional groups attached to an aromatic ring is 1. The second-order valence-electron chi connectivity index (χ2n) is 1.59. The Hall–Kier alpha value is -1.06. The first-order chi connectivity index (χ1) is 4.81. The fourth-order valence-corrected chi connectivity index (χ4v) is 0.453. The van der Waals surface area contributed by atoms with E-state index in [0.717, 1.165) is 5.69 Å². The summed E-state index contributed by atoms with van der Waals surface area (Å²) in [6.45, 7) is -0.250. The lowest BCUT2D eigenvalue weighted by Crippen LogP contribution is -1.92. The first-order valence-corrected chi connectivity index (χ1v) is 2.92. The van der Waals surface area contributed by atoms with Crippen LogP contribution in [-0.2, 0) is 0 Å². The number of hydrogen-bond acceptors (Lipinski definition) is 3. The van der Waals surface area contributed by atoms with Gasteiger partial charge in [-0.3, -0.25) is 0 Å². The molecule has 0 amide bonds. The van der Waals surface area contributed by atoms with Crippen LogP contribution >= 0.6 is 0 Å². The number of nitrogens with two attached hydrogens (primary N) is 2. The molecule has 0 spiro atoms. The number of anilines is 1. The van der Waals surface area contributed by atoms with E-state index in [2.05, 4.69) is 5.73 Å². The fraction of sp³-hybridized carbons (Fsp3) is 0.143. The second-order valence-corrected chi connectivity index (χ2v) is 1.59. The maximum Gasteiger partial charge on any atom is 0.0906 e. The van der Waals surface area contributed by atoms with Gasteiger partial charge in [0.1, 0.15) is 0 Å². The highest BCUT2D eigenvalue weighted by Crippen LogP contribution is 1.95. The highest BCUT2D eigenvalue weighted by molar-refractivity contribution is 5.35. The highest BCUT2D eigenvalue weighted by Gasteiger charge is 1.72. The summed E-state index contributed by atoms with van der Waals surface area (Å²) in [5, 5.41) is 7.35. The van der Waals surface area contributed by atoms with Crippen LogP contribution in [0.4, 0.5) is 5.69 Å². The molecule has 1 rings (SSSR count). The van der Waals surface area contributed by atoms with E-state index < -0.39 is 0 Å². The summed E-state index contributed by atoms with van der Waals surface area (Å²) in [6, 6.07) is 9.49. The van der Waals surface area contributed by atoms with Gasteiger partial charge in [-0.1, -0.05) is 18.2 Å². The Morgan fingerprint density at radius 1 is 1.20 bits per heavy atom. The molecule has 0 aliphatic heterocycles. The summed E-state index contributed by atoms with van der Waals surface area (Å²) < 4.78 is 0. The van der Waals surface area contributed by atoms with E-state index in [-0.39, 0.29) is 6.73 Å². The number of aliphatic hydroxyl groups is 1. The van der Waals surface area contributed by atoms with Gasteiger partial charge in [0.2, 0.25) is 0 Å². The average Bonchev–Trinajstić information content (AvgIpc) is 1.91. The summed E-state index contributed by atoms with van der Waals surface area (Å²) in [6.07, 6.45) is 0. The molecular formula is C7H12N2O. The molecule has 10 heavy (non-hydrogen) atoms. The third-order valence-electron chi connectivity index (χ3n) is 0.800. The Labute approximate surface area is 60.3 Å². The molecule has 0 saturated heterocycles. The van der Waals surface area contributed by atoms with Gasteiger partial charge >= 0.3 is 0 Å². The number of rotatable bonds is 0. The van der Waals surface area contributed by atoms with Crippen molar-refractivity contribution in [2.45, 2.75) is 0 Å². The van der Waals surface area contributed by atoms with E-state index in [4.69, 9.17) is 10.8 Å². The van der Waals surface area contributed by atoms with Gasteiger partial charge in [-0.2, -0.15) is 0 Å². The lowest BCUT2D eigenvalue weighted by atomic mass is 10.3. The van der Waals surface area contributed by atoms with Gasteiger partial charge in [0.05, 0.1) is 6.73 Å². The zero-order chi connectivity index (χ0) is 7.82. The third-order valence-corrected chi connectivity index (χ3v) is 0.800. The van der Waals surface area contributed by atoms with Crippen molar-refractivity contribution < 1.29 is 5.11 Å². The largest absolute Gasteiger partial charge is 0.399 e. The third kappa shape index (κ3) is 5.08. The summed E-state index contributed by atoms with van der Waals surface area (Å²) in [5.74, 6) is 0. The second kappa shape index (κ2) is 6.07. The number of hydrogen-bond donors (Lipinski definition) is 3. The molecule has 5 N–H and O–H groups in total. The normalized spacial score (nSPS) is 7.80. The molecule has 0 heterocycles. The molecule has 1 aromatic carbocycles. The van der Waals surface area contributed by atoms with Gasteiger partial charge in [0.25, 0.3) is 0 Å². The first-order valence-electron chi connectivity index (χ1n) is 2.92. The van der Waals surface area contributed by atoms with Crippen molar-refractivity contribution >= 4 is 5.69 Å². The van der Waals surface area contributed by atoms with Crippen LogP contribution in [0.1, 0.15) is 0 Å². The summed E-state index contributed by atoms with van der Waals surface area (Å²) in [7, 11) is 0. The van der Waals surface area contributed by atoms with Crippen molar-refractivity contribution in [1.82, 2.24) is 0 Å². The van der Waals surface area contributed by atoms with Crippen LogP contribution in [0, 0.1) is 0 Å². The van der Waals surface area contributed by atoms with Crippen LogP contribution < -0.4 is 11.5 Å². The number of benzene rings is 1. The van der Waals surface area contributed by atoms with E-state index in [1.54, 1.807) is 0 Å². The Morgan fingerprint density at radius 3 is 1.80 bits per heavy atom. The molecule has 3 nitrogen and oxygen atoms in total. The van der Waals surface area contributed by atoms with E-state index in [9.17, 15) is 0 Å².